The van der Waals surface area contributed by atoms with Crippen molar-refractivity contribution in [1.29, 1.82) is 0 Å². The van der Waals surface area contributed by atoms with Crippen molar-refractivity contribution < 1.29 is 9.18 Å². The predicted octanol–water partition coefficient (Wildman–Crippen LogP) is 2.94. The van der Waals surface area contributed by atoms with Crippen LogP contribution in [0.2, 0.25) is 0 Å². The molecule has 0 aliphatic carbocycles. The highest BCUT2D eigenvalue weighted by Crippen LogP contribution is 2.11. The molecule has 0 saturated carbocycles. The topological polar surface area (TPSA) is 64.0 Å². The zero-order chi connectivity index (χ0) is 18.5. The number of fused-ring (bicyclic) bond motifs is 1. The van der Waals surface area contributed by atoms with Crippen molar-refractivity contribution in [2.24, 2.45) is 0 Å². The lowest BCUT2D eigenvalue weighted by Gasteiger charge is -2.08. The molecule has 3 aromatic rings. The van der Waals surface area contributed by atoms with Crippen LogP contribution < -0.4 is 10.9 Å². The van der Waals surface area contributed by atoms with Crippen LogP contribution in [0.1, 0.15) is 24.0 Å². The second-order valence-electron chi connectivity index (χ2n) is 6.22. The van der Waals surface area contributed by atoms with Gasteiger partial charge in [0, 0.05) is 19.5 Å². The lowest BCUT2D eigenvalue weighted by molar-refractivity contribution is -0.121. The zero-order valence-electron chi connectivity index (χ0n) is 14.5. The van der Waals surface area contributed by atoms with E-state index in [1.807, 2.05) is 19.1 Å². The number of aromatic nitrogens is 2. The van der Waals surface area contributed by atoms with Crippen molar-refractivity contribution >= 4 is 16.8 Å². The van der Waals surface area contributed by atoms with Crippen LogP contribution in [0.3, 0.4) is 0 Å². The quantitative estimate of drug-likeness (QED) is 0.741. The van der Waals surface area contributed by atoms with Crippen LogP contribution in [0.15, 0.2) is 53.6 Å². The van der Waals surface area contributed by atoms with E-state index in [4.69, 9.17) is 0 Å². The number of halogens is 1. The minimum absolute atomic E-state index is 0.0922. The molecule has 0 unspecified atom stereocenters. The van der Waals surface area contributed by atoms with Gasteiger partial charge in [0.05, 0.1) is 17.2 Å². The van der Waals surface area contributed by atoms with Gasteiger partial charge in [-0.1, -0.05) is 24.3 Å². The summed E-state index contributed by atoms with van der Waals surface area (Å²) in [4.78, 5) is 28.8. The van der Waals surface area contributed by atoms with E-state index in [0.717, 1.165) is 11.1 Å². The third kappa shape index (κ3) is 4.14. The Bertz CT molecular complexity index is 981. The molecule has 3 rings (SSSR count). The van der Waals surface area contributed by atoms with Gasteiger partial charge < -0.3 is 5.32 Å². The van der Waals surface area contributed by atoms with E-state index in [1.165, 1.54) is 23.0 Å². The Morgan fingerprint density at radius 3 is 2.73 bits per heavy atom. The van der Waals surface area contributed by atoms with Gasteiger partial charge in [-0.15, -0.1) is 0 Å². The highest BCUT2D eigenvalue weighted by molar-refractivity contribution is 5.80. The first kappa shape index (κ1) is 17.8. The van der Waals surface area contributed by atoms with Gasteiger partial charge in [-0.2, -0.15) is 0 Å². The van der Waals surface area contributed by atoms with Crippen molar-refractivity contribution in [1.82, 2.24) is 14.9 Å². The summed E-state index contributed by atoms with van der Waals surface area (Å²) in [5.74, 6) is -0.406. The van der Waals surface area contributed by atoms with Gasteiger partial charge in [-0.3, -0.25) is 14.2 Å². The molecule has 6 heteroatoms. The van der Waals surface area contributed by atoms with E-state index < -0.39 is 0 Å². The smallest absolute Gasteiger partial charge is 0.261 e. The average Bonchev–Trinajstić information content (AvgIpc) is 2.64. The summed E-state index contributed by atoms with van der Waals surface area (Å²) in [7, 11) is 0. The fourth-order valence-electron chi connectivity index (χ4n) is 2.80. The molecule has 1 aromatic heterocycles. The Kier molecular flexibility index (Phi) is 5.41. The maximum Gasteiger partial charge on any atom is 0.261 e. The molecular formula is C20H20FN3O2. The van der Waals surface area contributed by atoms with E-state index in [0.29, 0.717) is 36.8 Å². The fourth-order valence-corrected chi connectivity index (χ4v) is 2.80. The Balaban J connectivity index is 1.54. The largest absolute Gasteiger partial charge is 0.352 e. The van der Waals surface area contributed by atoms with Crippen LogP contribution in [0.5, 0.6) is 0 Å². The molecule has 0 aliphatic heterocycles. The number of nitrogens with zero attached hydrogens (tertiary/aromatic N) is 2. The molecule has 2 aromatic carbocycles. The summed E-state index contributed by atoms with van der Waals surface area (Å²) >= 11 is 0. The summed E-state index contributed by atoms with van der Waals surface area (Å²) in [6, 6.07) is 11.5. The molecule has 1 N–H and O–H groups in total. The van der Waals surface area contributed by atoms with Gasteiger partial charge in [0.1, 0.15) is 5.82 Å². The van der Waals surface area contributed by atoms with Gasteiger partial charge in [0.15, 0.2) is 0 Å². The maximum absolute atomic E-state index is 12.8. The van der Waals surface area contributed by atoms with Crippen LogP contribution in [0.25, 0.3) is 10.9 Å². The number of benzene rings is 2. The van der Waals surface area contributed by atoms with Crippen molar-refractivity contribution in [3.8, 4) is 0 Å². The lowest BCUT2D eigenvalue weighted by Crippen LogP contribution is -2.24. The number of carbonyl (C=O) groups excluding carboxylic acids is 1. The van der Waals surface area contributed by atoms with Crippen molar-refractivity contribution in [2.45, 2.75) is 32.9 Å². The number of nitrogens with one attached hydrogen (secondary N) is 1. The molecule has 134 valence electrons. The van der Waals surface area contributed by atoms with Crippen LogP contribution >= 0.6 is 0 Å². The van der Waals surface area contributed by atoms with Gasteiger partial charge in [0.25, 0.3) is 5.56 Å². The highest BCUT2D eigenvalue weighted by Gasteiger charge is 2.07. The first-order valence-corrected chi connectivity index (χ1v) is 8.50. The molecular weight excluding hydrogens is 333 g/mol. The van der Waals surface area contributed by atoms with Gasteiger partial charge >= 0.3 is 0 Å². The SMILES string of the molecule is Cc1cccc2c(=O)n(CCCC(=O)NCc3ccc(F)cc3)cnc12. The van der Waals surface area contributed by atoms with E-state index >= 15 is 0 Å². The monoisotopic (exact) mass is 353 g/mol. The molecule has 0 atom stereocenters. The molecule has 5 nitrogen and oxygen atoms in total. The van der Waals surface area contributed by atoms with Crippen molar-refractivity contribution in [2.75, 3.05) is 0 Å². The number of hydrogen-bond donors (Lipinski definition) is 1. The van der Waals surface area contributed by atoms with Crippen LogP contribution in [0.4, 0.5) is 4.39 Å². The maximum atomic E-state index is 12.8. The van der Waals surface area contributed by atoms with Gasteiger partial charge in [-0.05, 0) is 42.7 Å². The summed E-state index contributed by atoms with van der Waals surface area (Å²) in [6.45, 7) is 2.71. The Labute approximate surface area is 150 Å². The number of hydrogen-bond acceptors (Lipinski definition) is 3. The molecule has 0 saturated heterocycles. The lowest BCUT2D eigenvalue weighted by atomic mass is 10.1. The van der Waals surface area contributed by atoms with E-state index in [1.54, 1.807) is 18.2 Å². The summed E-state index contributed by atoms with van der Waals surface area (Å²) in [5.41, 5.74) is 2.42. The number of para-hydroxylation sites is 1. The summed E-state index contributed by atoms with van der Waals surface area (Å²) in [6.07, 6.45) is 2.38. The van der Waals surface area contributed by atoms with E-state index in [-0.39, 0.29) is 17.3 Å². The third-order valence-corrected chi connectivity index (χ3v) is 4.26. The number of rotatable bonds is 6. The molecule has 0 spiro atoms. The molecule has 0 radical (unpaired) electrons. The van der Waals surface area contributed by atoms with Crippen LogP contribution in [-0.2, 0) is 17.9 Å². The third-order valence-electron chi connectivity index (χ3n) is 4.26. The van der Waals surface area contributed by atoms with Gasteiger partial charge in [-0.25, -0.2) is 9.37 Å². The Morgan fingerprint density at radius 2 is 1.96 bits per heavy atom. The molecule has 1 heterocycles. The number of aryl methyl sites for hydroxylation is 2. The highest BCUT2D eigenvalue weighted by atomic mass is 19.1. The summed E-state index contributed by atoms with van der Waals surface area (Å²) < 4.78 is 14.4. The number of amides is 1. The van der Waals surface area contributed by atoms with Gasteiger partial charge in [0.2, 0.25) is 5.91 Å². The van der Waals surface area contributed by atoms with E-state index in [9.17, 15) is 14.0 Å². The fraction of sp³-hybridized carbons (Fsp3) is 0.250. The van der Waals surface area contributed by atoms with Crippen molar-refractivity contribution in [3.05, 3.63) is 76.1 Å². The molecule has 1 amide bonds. The minimum Gasteiger partial charge on any atom is -0.352 e. The first-order chi connectivity index (χ1) is 12.5. The predicted molar refractivity (Wildman–Crippen MR) is 98.2 cm³/mol. The summed E-state index contributed by atoms with van der Waals surface area (Å²) in [5, 5.41) is 3.38. The second kappa shape index (κ2) is 7.91. The Morgan fingerprint density at radius 1 is 1.19 bits per heavy atom. The van der Waals surface area contributed by atoms with Crippen LogP contribution in [0, 0.1) is 12.7 Å². The molecule has 26 heavy (non-hydrogen) atoms. The molecule has 0 fully saturated rings. The molecule has 0 bridgehead atoms. The standard InChI is InChI=1S/C20H20FN3O2/c1-14-4-2-5-17-19(14)23-13-24(20(17)26)11-3-6-18(25)22-12-15-7-9-16(21)10-8-15/h2,4-5,7-10,13H,3,6,11-12H2,1H3,(H,22,25). The Hall–Kier alpha value is -3.02. The minimum atomic E-state index is -0.301. The normalized spacial score (nSPS) is 10.8. The average molecular weight is 353 g/mol. The van der Waals surface area contributed by atoms with Crippen LogP contribution in [-0.4, -0.2) is 15.5 Å². The second-order valence-corrected chi connectivity index (χ2v) is 6.22. The van der Waals surface area contributed by atoms with Crippen molar-refractivity contribution in [3.63, 3.8) is 0 Å². The van der Waals surface area contributed by atoms with E-state index in [2.05, 4.69) is 10.3 Å². The number of carbonyl (C=O) groups is 1. The molecule has 0 aliphatic rings. The zero-order valence-corrected chi connectivity index (χ0v) is 14.5. The first-order valence-electron chi connectivity index (χ1n) is 8.50.